The van der Waals surface area contributed by atoms with Gasteiger partial charge in [-0.15, -0.1) is 0 Å². The van der Waals surface area contributed by atoms with E-state index in [4.69, 9.17) is 4.74 Å². The lowest BCUT2D eigenvalue weighted by Gasteiger charge is -2.27. The van der Waals surface area contributed by atoms with Gasteiger partial charge in [0.1, 0.15) is 4.47 Å². The summed E-state index contributed by atoms with van der Waals surface area (Å²) in [6.07, 6.45) is 1.68. The third kappa shape index (κ3) is 4.77. The number of nitrogens with one attached hydrogen (secondary N) is 2. The molecule has 0 saturated carbocycles. The number of halogens is 1. The van der Waals surface area contributed by atoms with Gasteiger partial charge in [-0.05, 0) is 15.9 Å². The number of hydrogen-bond acceptors (Lipinski definition) is 6. The Labute approximate surface area is 132 Å². The zero-order chi connectivity index (χ0) is 15.1. The fourth-order valence-electron chi connectivity index (χ4n) is 2.21. The summed E-state index contributed by atoms with van der Waals surface area (Å²) in [6, 6.07) is 0. The highest BCUT2D eigenvalue weighted by molar-refractivity contribution is 9.10. The van der Waals surface area contributed by atoms with Crippen molar-refractivity contribution >= 4 is 21.6 Å². The molecule has 0 radical (unpaired) electrons. The molecule has 1 fully saturated rings. The van der Waals surface area contributed by atoms with Gasteiger partial charge in [0.05, 0.1) is 25.0 Å². The van der Waals surface area contributed by atoms with Gasteiger partial charge in [0.25, 0.3) is 5.56 Å². The van der Waals surface area contributed by atoms with Crippen molar-refractivity contribution < 1.29 is 4.74 Å². The van der Waals surface area contributed by atoms with Crippen LogP contribution in [0.4, 0.5) is 5.69 Å². The Bertz CT molecular complexity index is 502. The maximum Gasteiger partial charge on any atom is 0.283 e. The Morgan fingerprint density at radius 3 is 2.90 bits per heavy atom. The Hall–Kier alpha value is -0.960. The van der Waals surface area contributed by atoms with Crippen LogP contribution < -0.4 is 16.2 Å². The van der Waals surface area contributed by atoms with Crippen molar-refractivity contribution in [3.63, 3.8) is 0 Å². The normalized spacial score (nSPS) is 16.1. The van der Waals surface area contributed by atoms with E-state index in [9.17, 15) is 4.79 Å². The van der Waals surface area contributed by atoms with E-state index in [0.717, 1.165) is 45.0 Å². The highest BCUT2D eigenvalue weighted by atomic mass is 79.9. The number of anilines is 1. The van der Waals surface area contributed by atoms with Crippen molar-refractivity contribution in [3.05, 3.63) is 21.0 Å². The summed E-state index contributed by atoms with van der Waals surface area (Å²) in [5, 5.41) is 10.7. The molecule has 7 nitrogen and oxygen atoms in total. The van der Waals surface area contributed by atoms with E-state index in [1.165, 1.54) is 4.68 Å². The first kappa shape index (κ1) is 16.4. The quantitative estimate of drug-likeness (QED) is 0.712. The summed E-state index contributed by atoms with van der Waals surface area (Å²) >= 11 is 3.35. The van der Waals surface area contributed by atoms with Crippen LogP contribution in [0.5, 0.6) is 0 Å². The summed E-state index contributed by atoms with van der Waals surface area (Å²) in [5.74, 6) is 0. The Morgan fingerprint density at radius 1 is 1.43 bits per heavy atom. The Kier molecular flexibility index (Phi) is 6.62. The standard InChI is InChI=1S/C13H22BrN5O2/c1-21-9-8-19-13(20)12(14)11(10-17-19)16-4-7-18-5-2-15-3-6-18/h10,15-16H,2-9H2,1H3. The van der Waals surface area contributed by atoms with Crippen molar-refractivity contribution in [2.75, 3.05) is 58.3 Å². The summed E-state index contributed by atoms with van der Waals surface area (Å²) in [6.45, 7) is 6.90. The highest BCUT2D eigenvalue weighted by Crippen LogP contribution is 2.15. The van der Waals surface area contributed by atoms with E-state index in [0.29, 0.717) is 17.6 Å². The smallest absolute Gasteiger partial charge is 0.283 e. The zero-order valence-corrected chi connectivity index (χ0v) is 13.9. The molecular weight excluding hydrogens is 338 g/mol. The van der Waals surface area contributed by atoms with Gasteiger partial charge in [0.2, 0.25) is 0 Å². The zero-order valence-electron chi connectivity index (χ0n) is 12.3. The van der Waals surface area contributed by atoms with E-state index < -0.39 is 0 Å². The highest BCUT2D eigenvalue weighted by Gasteiger charge is 2.11. The molecule has 1 aliphatic rings. The summed E-state index contributed by atoms with van der Waals surface area (Å²) in [5.41, 5.74) is 0.600. The number of piperazine rings is 1. The first-order chi connectivity index (χ1) is 10.2. The summed E-state index contributed by atoms with van der Waals surface area (Å²) in [7, 11) is 1.60. The molecule has 0 aliphatic carbocycles. The molecule has 1 aromatic heterocycles. The average Bonchev–Trinajstić information content (AvgIpc) is 2.52. The molecule has 8 heteroatoms. The Balaban J connectivity index is 1.88. The van der Waals surface area contributed by atoms with Crippen molar-refractivity contribution in [1.82, 2.24) is 20.0 Å². The molecule has 2 rings (SSSR count). The average molecular weight is 360 g/mol. The van der Waals surface area contributed by atoms with Crippen molar-refractivity contribution in [2.45, 2.75) is 6.54 Å². The molecule has 2 N–H and O–H groups in total. The number of methoxy groups -OCH3 is 1. The Morgan fingerprint density at radius 2 is 2.19 bits per heavy atom. The molecule has 1 aliphatic heterocycles. The third-order valence-corrected chi connectivity index (χ3v) is 4.21. The van der Waals surface area contributed by atoms with Crippen LogP contribution in [0.1, 0.15) is 0 Å². The topological polar surface area (TPSA) is 71.4 Å². The minimum Gasteiger partial charge on any atom is -0.383 e. The number of nitrogens with zero attached hydrogens (tertiary/aromatic N) is 3. The van der Waals surface area contributed by atoms with Crippen molar-refractivity contribution in [2.24, 2.45) is 0 Å². The second-order valence-corrected chi connectivity index (χ2v) is 5.70. The molecule has 1 saturated heterocycles. The molecule has 0 spiro atoms. The van der Waals surface area contributed by atoms with Gasteiger partial charge in [-0.25, -0.2) is 4.68 Å². The van der Waals surface area contributed by atoms with Crippen LogP contribution in [0.3, 0.4) is 0 Å². The number of rotatable bonds is 7. The minimum atomic E-state index is -0.140. The molecule has 0 amide bonds. The molecule has 1 aromatic rings. The van der Waals surface area contributed by atoms with Gasteiger partial charge >= 0.3 is 0 Å². The van der Waals surface area contributed by atoms with E-state index in [1.807, 2.05) is 0 Å². The van der Waals surface area contributed by atoms with Gasteiger partial charge in [-0.2, -0.15) is 5.10 Å². The van der Waals surface area contributed by atoms with Crippen LogP contribution in [0, 0.1) is 0 Å². The van der Waals surface area contributed by atoms with Crippen LogP contribution in [0.25, 0.3) is 0 Å². The molecule has 0 aromatic carbocycles. The van der Waals surface area contributed by atoms with Crippen molar-refractivity contribution in [3.8, 4) is 0 Å². The minimum absolute atomic E-state index is 0.140. The monoisotopic (exact) mass is 359 g/mol. The first-order valence-electron chi connectivity index (χ1n) is 7.14. The molecule has 118 valence electrons. The molecule has 0 bridgehead atoms. The van der Waals surface area contributed by atoms with Crippen LogP contribution >= 0.6 is 15.9 Å². The lowest BCUT2D eigenvalue weighted by Crippen LogP contribution is -2.45. The van der Waals surface area contributed by atoms with Gasteiger partial charge in [0.15, 0.2) is 0 Å². The summed E-state index contributed by atoms with van der Waals surface area (Å²) < 4.78 is 6.88. The van der Waals surface area contributed by atoms with Crippen LogP contribution in [0.15, 0.2) is 15.5 Å². The predicted octanol–water partition coefficient (Wildman–Crippen LogP) is -0.0307. The third-order valence-electron chi connectivity index (χ3n) is 3.45. The van der Waals surface area contributed by atoms with Crippen molar-refractivity contribution in [1.29, 1.82) is 0 Å². The van der Waals surface area contributed by atoms with Gasteiger partial charge in [-0.1, -0.05) is 0 Å². The molecular formula is C13H22BrN5O2. The fourth-order valence-corrected chi connectivity index (χ4v) is 2.66. The number of aromatic nitrogens is 2. The maximum absolute atomic E-state index is 12.1. The SMILES string of the molecule is COCCn1ncc(NCCN2CCNCC2)c(Br)c1=O. The largest absolute Gasteiger partial charge is 0.383 e. The van der Waals surface area contributed by atoms with Crippen LogP contribution in [-0.4, -0.2) is 67.7 Å². The number of hydrogen-bond donors (Lipinski definition) is 2. The van der Waals surface area contributed by atoms with Gasteiger partial charge in [0, 0.05) is 46.4 Å². The molecule has 0 unspecified atom stereocenters. The molecule has 21 heavy (non-hydrogen) atoms. The van der Waals surface area contributed by atoms with Gasteiger partial charge in [-0.3, -0.25) is 9.69 Å². The molecule has 2 heterocycles. The first-order valence-corrected chi connectivity index (χ1v) is 7.93. The fraction of sp³-hybridized carbons (Fsp3) is 0.692. The lowest BCUT2D eigenvalue weighted by atomic mass is 10.3. The van der Waals surface area contributed by atoms with E-state index >= 15 is 0 Å². The van der Waals surface area contributed by atoms with E-state index in [2.05, 4.69) is 36.6 Å². The lowest BCUT2D eigenvalue weighted by molar-refractivity contribution is 0.181. The van der Waals surface area contributed by atoms with Crippen LogP contribution in [-0.2, 0) is 11.3 Å². The second kappa shape index (κ2) is 8.47. The predicted molar refractivity (Wildman–Crippen MR) is 85.9 cm³/mol. The van der Waals surface area contributed by atoms with Gasteiger partial charge < -0.3 is 15.4 Å². The molecule has 0 atom stereocenters. The number of ether oxygens (including phenoxy) is 1. The second-order valence-electron chi connectivity index (χ2n) is 4.91. The van der Waals surface area contributed by atoms with E-state index in [1.54, 1.807) is 13.3 Å². The van der Waals surface area contributed by atoms with Crippen LogP contribution in [0.2, 0.25) is 0 Å². The maximum atomic E-state index is 12.1. The van der Waals surface area contributed by atoms with E-state index in [-0.39, 0.29) is 5.56 Å². The summed E-state index contributed by atoms with van der Waals surface area (Å²) in [4.78, 5) is 14.5.